The summed E-state index contributed by atoms with van der Waals surface area (Å²) in [6, 6.07) is -2.92. The van der Waals surface area contributed by atoms with Gasteiger partial charge in [0, 0.05) is 19.1 Å². The average Bonchev–Trinajstić information content (AvgIpc) is 2.92. The van der Waals surface area contributed by atoms with Gasteiger partial charge in [0.1, 0.15) is 60.5 Å². The largest absolute Gasteiger partial charge is 0.394 e. The van der Waals surface area contributed by atoms with Crippen LogP contribution in [0.3, 0.4) is 0 Å². The van der Waals surface area contributed by atoms with Gasteiger partial charge in [-0.2, -0.15) is 8.42 Å². The molecule has 0 aromatic rings. The van der Waals surface area contributed by atoms with Crippen LogP contribution in [-0.2, 0) is 34.1 Å². The summed E-state index contributed by atoms with van der Waals surface area (Å²) in [5.41, 5.74) is 15.8. The van der Waals surface area contributed by atoms with Crippen molar-refractivity contribution in [3.8, 4) is 0 Å². The van der Waals surface area contributed by atoms with Gasteiger partial charge in [-0.3, -0.25) is 13.9 Å². The van der Waals surface area contributed by atoms with Gasteiger partial charge >= 0.3 is 10.4 Å². The molecule has 0 aromatic carbocycles. The van der Waals surface area contributed by atoms with E-state index in [2.05, 4.69) is 10.6 Å². The fraction of sp³-hybridized carbons (Fsp3) is 0.955. The highest BCUT2D eigenvalue weighted by Crippen LogP contribution is 2.32. The molecule has 1 saturated carbocycles. The number of aliphatic hydroxyl groups is 7. The maximum atomic E-state index is 12.4. The van der Waals surface area contributed by atoms with E-state index >= 15 is 0 Å². The second kappa shape index (κ2) is 16.0. The number of carbonyl (C=O) groups is 1. The van der Waals surface area contributed by atoms with Crippen molar-refractivity contribution in [1.82, 2.24) is 10.6 Å². The Morgan fingerprint density at radius 3 is 2.09 bits per heavy atom. The SMILES string of the molecule is CNC1C(O)C(OC2C(NC(=O)C(O)CN)CC(N)C(OC3OC(CN)C(O)C(O)C3O)C2O)OC[C@]1(C)O.O=S(=O)(O)O. The minimum absolute atomic E-state index is 0.0836. The molecule has 2 aliphatic heterocycles. The maximum Gasteiger partial charge on any atom is 0.394 e. The lowest BCUT2D eigenvalue weighted by Crippen LogP contribution is -2.70. The molecular weight excluding hydrogens is 622 g/mol. The summed E-state index contributed by atoms with van der Waals surface area (Å²) in [7, 11) is -3.14. The lowest BCUT2D eigenvalue weighted by atomic mass is 9.83. The van der Waals surface area contributed by atoms with Crippen LogP contribution < -0.4 is 27.8 Å². The van der Waals surface area contributed by atoms with Gasteiger partial charge in [-0.25, -0.2) is 0 Å². The van der Waals surface area contributed by atoms with Crippen LogP contribution in [0.15, 0.2) is 0 Å². The fourth-order valence-electron chi connectivity index (χ4n) is 5.22. The summed E-state index contributed by atoms with van der Waals surface area (Å²) in [4.78, 5) is 12.4. The monoisotopic (exact) mass is 667 g/mol. The van der Waals surface area contributed by atoms with Crippen molar-refractivity contribution >= 4 is 16.3 Å². The number of rotatable bonds is 9. The van der Waals surface area contributed by atoms with Crippen LogP contribution in [0.4, 0.5) is 0 Å². The average molecular weight is 668 g/mol. The third-order valence-electron chi connectivity index (χ3n) is 7.50. The first-order valence-corrected chi connectivity index (χ1v) is 14.9. The van der Waals surface area contributed by atoms with Gasteiger partial charge in [0.25, 0.3) is 0 Å². The molecule has 2 saturated heterocycles. The minimum Gasteiger partial charge on any atom is -0.388 e. The third-order valence-corrected chi connectivity index (χ3v) is 7.50. The van der Waals surface area contributed by atoms with Gasteiger partial charge in [-0.05, 0) is 20.4 Å². The predicted molar refractivity (Wildman–Crippen MR) is 144 cm³/mol. The zero-order valence-corrected chi connectivity index (χ0v) is 24.8. The van der Waals surface area contributed by atoms with Gasteiger partial charge in [0.2, 0.25) is 5.91 Å². The normalized spacial score (nSPS) is 43.8. The van der Waals surface area contributed by atoms with Gasteiger partial charge < -0.3 is 82.5 Å². The molecule has 260 valence electrons. The Balaban J connectivity index is 0.00000125. The summed E-state index contributed by atoms with van der Waals surface area (Å²) in [5.74, 6) is -0.857. The molecule has 14 unspecified atom stereocenters. The van der Waals surface area contributed by atoms with Gasteiger partial charge in [-0.15, -0.1) is 0 Å². The third kappa shape index (κ3) is 9.87. The summed E-state index contributed by atoms with van der Waals surface area (Å²) in [6.45, 7) is 0.634. The number of likely N-dealkylation sites (N-methyl/N-ethyl adjacent to an activating group) is 1. The van der Waals surface area contributed by atoms with E-state index in [1.807, 2.05) is 0 Å². The number of aliphatic hydroxyl groups excluding tert-OH is 6. The Morgan fingerprint density at radius 2 is 1.57 bits per heavy atom. The van der Waals surface area contributed by atoms with E-state index in [-0.39, 0.29) is 26.1 Å². The van der Waals surface area contributed by atoms with E-state index in [0.717, 1.165) is 0 Å². The standard InChI is InChI=1S/C22H43N5O12.H2O4S/c1-22(35)6-36-20(15(33)18(22)26-2)39-17-8(27-19(34)9(28)4-23)3-7(25)16(14(17)32)38-21-13(31)12(30)11(29)10(5-24)37-21;1-5(2,3)4/h7-18,20-21,26,28-33,35H,3-6,23-25H2,1-2H3,(H,27,34);(H2,1,2,3,4)/t7?,8?,9?,10?,11?,12?,13?,14?,15?,16?,17?,18?,20?,21?,22-;/m0./s1. The highest BCUT2D eigenvalue weighted by atomic mass is 32.3. The Morgan fingerprint density at radius 1 is 1.00 bits per heavy atom. The molecule has 17 N–H and O–H groups in total. The van der Waals surface area contributed by atoms with Crippen molar-refractivity contribution in [2.24, 2.45) is 17.2 Å². The first-order chi connectivity index (χ1) is 20.3. The van der Waals surface area contributed by atoms with Gasteiger partial charge in [-0.1, -0.05) is 0 Å². The van der Waals surface area contributed by atoms with Crippen LogP contribution in [-0.4, -0.2) is 177 Å². The number of amides is 1. The summed E-state index contributed by atoms with van der Waals surface area (Å²) in [5, 5.41) is 78.5. The summed E-state index contributed by atoms with van der Waals surface area (Å²) >= 11 is 0. The summed E-state index contributed by atoms with van der Waals surface area (Å²) in [6.07, 6.45) is -16.3. The molecule has 3 fully saturated rings. The molecule has 0 aromatic heterocycles. The molecule has 0 radical (unpaired) electrons. The quantitative estimate of drug-likeness (QED) is 0.101. The topological polar surface area (TPSA) is 372 Å². The van der Waals surface area contributed by atoms with Gasteiger partial charge in [0.15, 0.2) is 12.6 Å². The number of hydrogen-bond acceptors (Lipinski definition) is 18. The van der Waals surface area contributed by atoms with Crippen molar-refractivity contribution in [2.75, 3.05) is 26.7 Å². The van der Waals surface area contributed by atoms with Crippen molar-refractivity contribution in [3.05, 3.63) is 0 Å². The van der Waals surface area contributed by atoms with E-state index < -0.39 is 108 Å². The molecular formula is C22H45N5O16S. The van der Waals surface area contributed by atoms with Crippen LogP contribution in [0.2, 0.25) is 0 Å². The van der Waals surface area contributed by atoms with Crippen LogP contribution >= 0.6 is 0 Å². The highest BCUT2D eigenvalue weighted by molar-refractivity contribution is 7.79. The zero-order valence-electron chi connectivity index (χ0n) is 23.9. The minimum atomic E-state index is -4.67. The molecule has 21 nitrogen and oxygen atoms in total. The van der Waals surface area contributed by atoms with E-state index in [1.165, 1.54) is 14.0 Å². The Hall–Kier alpha value is -1.26. The van der Waals surface area contributed by atoms with Gasteiger partial charge in [0.05, 0.1) is 18.7 Å². The van der Waals surface area contributed by atoms with Crippen LogP contribution in [0.5, 0.6) is 0 Å². The van der Waals surface area contributed by atoms with Crippen LogP contribution in [0.1, 0.15) is 13.3 Å². The molecule has 3 aliphatic rings. The maximum absolute atomic E-state index is 12.4. The lowest BCUT2D eigenvalue weighted by molar-refractivity contribution is -0.330. The zero-order chi connectivity index (χ0) is 33.7. The van der Waals surface area contributed by atoms with Crippen LogP contribution in [0.25, 0.3) is 0 Å². The van der Waals surface area contributed by atoms with Crippen molar-refractivity contribution in [1.29, 1.82) is 0 Å². The molecule has 22 heteroatoms. The van der Waals surface area contributed by atoms with E-state index in [1.54, 1.807) is 0 Å². The molecule has 1 aliphatic carbocycles. The molecule has 2 heterocycles. The molecule has 44 heavy (non-hydrogen) atoms. The van der Waals surface area contributed by atoms with E-state index in [0.29, 0.717) is 0 Å². The molecule has 15 atom stereocenters. The Kier molecular flexibility index (Phi) is 14.2. The molecule has 0 spiro atoms. The first-order valence-electron chi connectivity index (χ1n) is 13.5. The smallest absolute Gasteiger partial charge is 0.388 e. The first kappa shape index (κ1) is 38.9. The predicted octanol–water partition coefficient (Wildman–Crippen LogP) is -8.18. The number of nitrogens with one attached hydrogen (secondary N) is 2. The van der Waals surface area contributed by atoms with E-state index in [4.69, 9.17) is 53.7 Å². The van der Waals surface area contributed by atoms with Crippen molar-refractivity contribution in [3.63, 3.8) is 0 Å². The fourth-order valence-corrected chi connectivity index (χ4v) is 5.22. The Labute approximate surface area is 252 Å². The lowest BCUT2D eigenvalue weighted by Gasteiger charge is -2.49. The highest BCUT2D eigenvalue weighted by Gasteiger charge is 2.53. The molecule has 0 bridgehead atoms. The number of nitrogens with two attached hydrogens (primary N) is 3. The number of carbonyl (C=O) groups excluding carboxylic acids is 1. The van der Waals surface area contributed by atoms with Crippen molar-refractivity contribution in [2.45, 2.75) is 105 Å². The summed E-state index contributed by atoms with van der Waals surface area (Å²) < 4.78 is 54.3. The molecule has 3 rings (SSSR count). The van der Waals surface area contributed by atoms with Crippen LogP contribution in [0, 0.1) is 0 Å². The molecule has 1 amide bonds. The Bertz CT molecular complexity index is 1020. The second-order valence-corrected chi connectivity index (χ2v) is 11.8. The van der Waals surface area contributed by atoms with E-state index in [9.17, 15) is 40.5 Å². The van der Waals surface area contributed by atoms with Crippen molar-refractivity contribution < 1.29 is 77.0 Å². The second-order valence-electron chi connectivity index (χ2n) is 10.9. The number of hydrogen-bond donors (Lipinski definition) is 14. The number of ether oxygens (including phenoxy) is 4.